The number of amides is 1. The molecular formula is C15H19N3O3. The molecule has 1 amide bonds. The first kappa shape index (κ1) is 13.9. The van der Waals surface area contributed by atoms with Gasteiger partial charge in [0.1, 0.15) is 11.1 Å². The third-order valence-corrected chi connectivity index (χ3v) is 4.33. The molecule has 112 valence electrons. The van der Waals surface area contributed by atoms with Crippen molar-refractivity contribution in [2.45, 2.75) is 45.6 Å². The molecule has 2 aromatic rings. The zero-order valence-corrected chi connectivity index (χ0v) is 12.2. The number of fused-ring (bicyclic) bond motifs is 1. The Balaban J connectivity index is 1.94. The van der Waals surface area contributed by atoms with E-state index in [0.717, 1.165) is 19.3 Å². The third-order valence-electron chi connectivity index (χ3n) is 4.33. The number of nitrogens with zero attached hydrogens (tertiary/aromatic N) is 1. The molecule has 2 aromatic heterocycles. The Morgan fingerprint density at radius 1 is 1.43 bits per heavy atom. The molecule has 0 spiro atoms. The van der Waals surface area contributed by atoms with Crippen LogP contribution in [0.5, 0.6) is 0 Å². The maximum Gasteiger partial charge on any atom is 0.262 e. The van der Waals surface area contributed by atoms with Crippen molar-refractivity contribution in [1.82, 2.24) is 15.3 Å². The number of carbonyl (C=O) groups is 1. The molecule has 0 unspecified atom stereocenters. The molecule has 1 aliphatic rings. The van der Waals surface area contributed by atoms with Gasteiger partial charge in [-0.2, -0.15) is 0 Å². The van der Waals surface area contributed by atoms with Crippen molar-refractivity contribution in [3.63, 3.8) is 0 Å². The number of rotatable bonds is 2. The van der Waals surface area contributed by atoms with Gasteiger partial charge in [-0.15, -0.1) is 0 Å². The summed E-state index contributed by atoms with van der Waals surface area (Å²) >= 11 is 0. The number of nitrogens with one attached hydrogen (secondary N) is 2. The molecule has 1 fully saturated rings. The highest BCUT2D eigenvalue weighted by Gasteiger charge is 2.27. The predicted molar refractivity (Wildman–Crippen MR) is 78.3 cm³/mol. The average Bonchev–Trinajstić information content (AvgIpc) is 2.79. The highest BCUT2D eigenvalue weighted by molar-refractivity contribution is 6.06. The first-order chi connectivity index (χ1) is 10.1. The Morgan fingerprint density at radius 2 is 2.19 bits per heavy atom. The van der Waals surface area contributed by atoms with Crippen molar-refractivity contribution in [2.24, 2.45) is 5.92 Å². The van der Waals surface area contributed by atoms with Gasteiger partial charge in [0.25, 0.3) is 11.5 Å². The lowest BCUT2D eigenvalue weighted by molar-refractivity contribution is 0.0910. The standard InChI is InChI=1S/C15H19N3O3/c1-8-5-3-4-6-10(8)18-14(20)11-9(2)21-15-12(11)13(19)16-7-17-15/h7-8,10H,3-6H2,1-2H3,(H,18,20)(H,16,17,19)/t8-,10+/m1/s1. The van der Waals surface area contributed by atoms with Gasteiger partial charge >= 0.3 is 0 Å². The van der Waals surface area contributed by atoms with Crippen molar-refractivity contribution in [3.8, 4) is 0 Å². The number of aromatic amines is 1. The Labute approximate surface area is 121 Å². The van der Waals surface area contributed by atoms with Crippen LogP contribution in [0.15, 0.2) is 15.5 Å². The highest BCUT2D eigenvalue weighted by atomic mass is 16.3. The van der Waals surface area contributed by atoms with Gasteiger partial charge in [-0.25, -0.2) is 4.98 Å². The van der Waals surface area contributed by atoms with Crippen LogP contribution < -0.4 is 10.9 Å². The maximum atomic E-state index is 12.6. The van der Waals surface area contributed by atoms with Crippen molar-refractivity contribution < 1.29 is 9.21 Å². The third kappa shape index (κ3) is 2.46. The van der Waals surface area contributed by atoms with Crippen LogP contribution in [0.1, 0.15) is 48.7 Å². The fraction of sp³-hybridized carbons (Fsp3) is 0.533. The summed E-state index contributed by atoms with van der Waals surface area (Å²) in [5, 5.41) is 3.28. The fourth-order valence-corrected chi connectivity index (χ4v) is 3.10. The monoisotopic (exact) mass is 289 g/mol. The normalized spacial score (nSPS) is 22.4. The lowest BCUT2D eigenvalue weighted by Crippen LogP contribution is -2.41. The summed E-state index contributed by atoms with van der Waals surface area (Å²) in [6.07, 6.45) is 5.72. The highest BCUT2D eigenvalue weighted by Crippen LogP contribution is 2.25. The first-order valence-electron chi connectivity index (χ1n) is 7.35. The zero-order chi connectivity index (χ0) is 15.0. The molecule has 6 nitrogen and oxygen atoms in total. The quantitative estimate of drug-likeness (QED) is 0.886. The van der Waals surface area contributed by atoms with Gasteiger partial charge in [0.2, 0.25) is 5.71 Å². The Morgan fingerprint density at radius 3 is 2.95 bits per heavy atom. The molecule has 0 radical (unpaired) electrons. The number of hydrogen-bond acceptors (Lipinski definition) is 4. The van der Waals surface area contributed by atoms with E-state index in [9.17, 15) is 9.59 Å². The van der Waals surface area contributed by atoms with Crippen molar-refractivity contribution in [3.05, 3.63) is 28.0 Å². The van der Waals surface area contributed by atoms with E-state index in [2.05, 4.69) is 22.2 Å². The van der Waals surface area contributed by atoms with E-state index >= 15 is 0 Å². The summed E-state index contributed by atoms with van der Waals surface area (Å²) in [6, 6.07) is 0.159. The van der Waals surface area contributed by atoms with E-state index in [1.807, 2.05) is 0 Å². The largest absolute Gasteiger partial charge is 0.442 e. The van der Waals surface area contributed by atoms with E-state index in [-0.39, 0.29) is 28.6 Å². The minimum atomic E-state index is -0.348. The van der Waals surface area contributed by atoms with Gasteiger partial charge < -0.3 is 14.7 Å². The van der Waals surface area contributed by atoms with Crippen molar-refractivity contribution in [1.29, 1.82) is 0 Å². The van der Waals surface area contributed by atoms with Gasteiger partial charge in [0, 0.05) is 6.04 Å². The number of H-pyrrole nitrogens is 1. The molecule has 0 bridgehead atoms. The van der Waals surface area contributed by atoms with Crippen molar-refractivity contribution in [2.75, 3.05) is 0 Å². The maximum absolute atomic E-state index is 12.6. The number of carbonyl (C=O) groups excluding carboxylic acids is 1. The molecule has 2 atom stereocenters. The van der Waals surface area contributed by atoms with Crippen LogP contribution in [0.2, 0.25) is 0 Å². The SMILES string of the molecule is Cc1oc2nc[nH]c(=O)c2c1C(=O)N[C@H]1CCCC[C@H]1C. The topological polar surface area (TPSA) is 88.0 Å². The molecule has 0 saturated heterocycles. The van der Waals surface area contributed by atoms with Gasteiger partial charge in [0.15, 0.2) is 0 Å². The molecular weight excluding hydrogens is 270 g/mol. The molecule has 21 heavy (non-hydrogen) atoms. The van der Waals surface area contributed by atoms with Gasteiger partial charge in [0.05, 0.1) is 11.9 Å². The van der Waals surface area contributed by atoms with Crippen LogP contribution in [0.25, 0.3) is 11.1 Å². The lowest BCUT2D eigenvalue weighted by Gasteiger charge is -2.29. The summed E-state index contributed by atoms with van der Waals surface area (Å²) in [7, 11) is 0. The Bertz CT molecular complexity index is 731. The minimum absolute atomic E-state index is 0.159. The summed E-state index contributed by atoms with van der Waals surface area (Å²) in [4.78, 5) is 30.9. The van der Waals surface area contributed by atoms with E-state index in [1.54, 1.807) is 6.92 Å². The van der Waals surface area contributed by atoms with Crippen LogP contribution in [0.4, 0.5) is 0 Å². The molecule has 1 saturated carbocycles. The number of aryl methyl sites for hydroxylation is 1. The molecule has 0 aliphatic heterocycles. The molecule has 2 heterocycles. The van der Waals surface area contributed by atoms with E-state index < -0.39 is 0 Å². The van der Waals surface area contributed by atoms with Crippen LogP contribution >= 0.6 is 0 Å². The van der Waals surface area contributed by atoms with Gasteiger partial charge in [-0.3, -0.25) is 9.59 Å². The van der Waals surface area contributed by atoms with Crippen molar-refractivity contribution >= 4 is 17.0 Å². The van der Waals surface area contributed by atoms with E-state index in [0.29, 0.717) is 17.2 Å². The molecule has 6 heteroatoms. The van der Waals surface area contributed by atoms with Crippen LogP contribution in [0, 0.1) is 12.8 Å². The Kier molecular flexibility index (Phi) is 3.53. The van der Waals surface area contributed by atoms with Gasteiger partial charge in [-0.1, -0.05) is 19.8 Å². The summed E-state index contributed by atoms with van der Waals surface area (Å²) < 4.78 is 5.43. The number of aromatic nitrogens is 2. The first-order valence-corrected chi connectivity index (χ1v) is 7.35. The lowest BCUT2D eigenvalue weighted by atomic mass is 9.86. The molecule has 2 N–H and O–H groups in total. The molecule has 1 aliphatic carbocycles. The second-order valence-electron chi connectivity index (χ2n) is 5.79. The minimum Gasteiger partial charge on any atom is -0.442 e. The summed E-state index contributed by atoms with van der Waals surface area (Å²) in [6.45, 7) is 3.83. The van der Waals surface area contributed by atoms with E-state index in [4.69, 9.17) is 4.42 Å². The number of hydrogen-bond donors (Lipinski definition) is 2. The fourth-order valence-electron chi connectivity index (χ4n) is 3.10. The van der Waals surface area contributed by atoms with Crippen LogP contribution in [0.3, 0.4) is 0 Å². The smallest absolute Gasteiger partial charge is 0.262 e. The molecule has 3 rings (SSSR count). The second-order valence-corrected chi connectivity index (χ2v) is 5.79. The van der Waals surface area contributed by atoms with Crippen LogP contribution in [-0.4, -0.2) is 21.9 Å². The summed E-state index contributed by atoms with van der Waals surface area (Å²) in [5.41, 5.74) is 0.161. The average molecular weight is 289 g/mol. The number of furan rings is 1. The predicted octanol–water partition coefficient (Wildman–Crippen LogP) is 2.13. The second kappa shape index (κ2) is 5.35. The summed E-state index contributed by atoms with van der Waals surface area (Å²) in [5.74, 6) is 0.635. The van der Waals surface area contributed by atoms with E-state index in [1.165, 1.54) is 12.7 Å². The molecule has 0 aromatic carbocycles. The zero-order valence-electron chi connectivity index (χ0n) is 12.2. The van der Waals surface area contributed by atoms with Gasteiger partial charge in [-0.05, 0) is 25.7 Å². The van der Waals surface area contributed by atoms with Crippen LogP contribution in [-0.2, 0) is 0 Å². The Hall–Kier alpha value is -2.11.